The minimum absolute atomic E-state index is 0.0555. The highest BCUT2D eigenvalue weighted by Gasteiger charge is 2.22. The van der Waals surface area contributed by atoms with Crippen LogP contribution in [-0.4, -0.2) is 48.3 Å². The maximum absolute atomic E-state index is 11.8. The molecule has 120 valence electrons. The molecule has 0 saturated heterocycles. The first-order chi connectivity index (χ1) is 9.56. The van der Waals surface area contributed by atoms with E-state index in [-0.39, 0.29) is 24.7 Å². The monoisotopic (exact) mass is 338 g/mol. The molecule has 0 atom stereocenters. The average molecular weight is 339 g/mol. The van der Waals surface area contributed by atoms with Gasteiger partial charge in [0, 0.05) is 12.1 Å². The van der Waals surface area contributed by atoms with E-state index >= 15 is 0 Å². The van der Waals surface area contributed by atoms with Crippen molar-refractivity contribution in [2.24, 2.45) is 0 Å². The van der Waals surface area contributed by atoms with E-state index in [1.807, 2.05) is 0 Å². The van der Waals surface area contributed by atoms with Gasteiger partial charge in [-0.05, 0) is 13.8 Å². The number of sulfonamides is 1. The van der Waals surface area contributed by atoms with Crippen molar-refractivity contribution in [1.29, 1.82) is 0 Å². The van der Waals surface area contributed by atoms with Crippen molar-refractivity contribution < 1.29 is 13.5 Å². The van der Waals surface area contributed by atoms with E-state index in [1.165, 1.54) is 6.20 Å². The topological polar surface area (TPSA) is 113 Å². The Morgan fingerprint density at radius 1 is 1.48 bits per heavy atom. The van der Waals surface area contributed by atoms with Crippen LogP contribution in [0.5, 0.6) is 0 Å². The number of hydrogen-bond acceptors (Lipinski definition) is 6. The lowest BCUT2D eigenvalue weighted by Crippen LogP contribution is -2.47. The standard InChI is InChI=1S/C11H19ClN4O4S/c1-11(2,15-21(3,19)20)7-13-8-6-14-16(4-5-17)10(18)9(8)12/h6,13,15,17H,4-5,7H2,1-3H3. The van der Waals surface area contributed by atoms with Crippen LogP contribution in [0.3, 0.4) is 0 Å². The van der Waals surface area contributed by atoms with Crippen LogP contribution in [0.2, 0.25) is 5.02 Å². The number of nitrogens with one attached hydrogen (secondary N) is 2. The molecular weight excluding hydrogens is 320 g/mol. The fourth-order valence-electron chi connectivity index (χ4n) is 1.70. The van der Waals surface area contributed by atoms with Gasteiger partial charge in [0.1, 0.15) is 5.02 Å². The zero-order chi connectivity index (χ0) is 16.3. The van der Waals surface area contributed by atoms with E-state index in [9.17, 15) is 13.2 Å². The summed E-state index contributed by atoms with van der Waals surface area (Å²) in [6.07, 6.45) is 2.43. The number of rotatable bonds is 7. The molecule has 10 heteroatoms. The van der Waals surface area contributed by atoms with E-state index in [2.05, 4.69) is 15.1 Å². The van der Waals surface area contributed by atoms with Crippen LogP contribution in [0.25, 0.3) is 0 Å². The van der Waals surface area contributed by atoms with E-state index in [0.717, 1.165) is 10.9 Å². The summed E-state index contributed by atoms with van der Waals surface area (Å²) in [5.74, 6) is 0. The molecule has 0 saturated carbocycles. The molecule has 0 unspecified atom stereocenters. The minimum atomic E-state index is -3.35. The van der Waals surface area contributed by atoms with Gasteiger partial charge in [0.2, 0.25) is 10.0 Å². The third-order valence-electron chi connectivity index (χ3n) is 2.48. The molecule has 21 heavy (non-hydrogen) atoms. The molecule has 0 bridgehead atoms. The molecule has 1 rings (SSSR count). The molecule has 0 spiro atoms. The maximum Gasteiger partial charge on any atom is 0.287 e. The Balaban J connectivity index is 2.85. The van der Waals surface area contributed by atoms with Gasteiger partial charge in [-0.3, -0.25) is 4.79 Å². The van der Waals surface area contributed by atoms with Crippen molar-refractivity contribution in [2.45, 2.75) is 25.9 Å². The van der Waals surface area contributed by atoms with Gasteiger partial charge in [-0.25, -0.2) is 17.8 Å². The summed E-state index contributed by atoms with van der Waals surface area (Å²) < 4.78 is 26.0. The van der Waals surface area contributed by atoms with Crippen LogP contribution in [-0.2, 0) is 16.6 Å². The van der Waals surface area contributed by atoms with Gasteiger partial charge in [0.25, 0.3) is 5.56 Å². The number of nitrogens with zero attached hydrogens (tertiary/aromatic N) is 2. The first-order valence-electron chi connectivity index (χ1n) is 6.15. The highest BCUT2D eigenvalue weighted by atomic mass is 35.5. The van der Waals surface area contributed by atoms with E-state index in [1.54, 1.807) is 13.8 Å². The third-order valence-corrected chi connectivity index (χ3v) is 3.77. The lowest BCUT2D eigenvalue weighted by atomic mass is 10.1. The van der Waals surface area contributed by atoms with Crippen LogP contribution in [0.4, 0.5) is 5.69 Å². The van der Waals surface area contributed by atoms with E-state index < -0.39 is 21.1 Å². The maximum atomic E-state index is 11.8. The molecule has 0 radical (unpaired) electrons. The number of aliphatic hydroxyl groups is 1. The predicted molar refractivity (Wildman–Crippen MR) is 81.1 cm³/mol. The highest BCUT2D eigenvalue weighted by Crippen LogP contribution is 2.16. The largest absolute Gasteiger partial charge is 0.394 e. The Morgan fingerprint density at radius 2 is 2.10 bits per heavy atom. The third kappa shape index (κ3) is 5.62. The minimum Gasteiger partial charge on any atom is -0.394 e. The molecule has 0 amide bonds. The van der Waals surface area contributed by atoms with Crippen LogP contribution in [0.15, 0.2) is 11.0 Å². The lowest BCUT2D eigenvalue weighted by Gasteiger charge is -2.26. The first kappa shape index (κ1) is 17.9. The molecule has 0 aliphatic carbocycles. The Labute approximate surface area is 128 Å². The second kappa shape index (κ2) is 6.73. The van der Waals surface area contributed by atoms with Gasteiger partial charge >= 0.3 is 0 Å². The fraction of sp³-hybridized carbons (Fsp3) is 0.636. The van der Waals surface area contributed by atoms with Gasteiger partial charge in [-0.2, -0.15) is 5.10 Å². The number of aromatic nitrogens is 2. The van der Waals surface area contributed by atoms with E-state index in [4.69, 9.17) is 16.7 Å². The molecule has 3 N–H and O–H groups in total. The van der Waals surface area contributed by atoms with Crippen molar-refractivity contribution in [3.8, 4) is 0 Å². The second-order valence-electron chi connectivity index (χ2n) is 5.24. The molecule has 0 aliphatic rings. The molecular formula is C11H19ClN4O4S. The summed E-state index contributed by atoms with van der Waals surface area (Å²) in [5, 5.41) is 15.5. The summed E-state index contributed by atoms with van der Waals surface area (Å²) in [6.45, 7) is 3.43. The summed E-state index contributed by atoms with van der Waals surface area (Å²) in [6, 6.07) is 0. The second-order valence-corrected chi connectivity index (χ2v) is 7.36. The number of aliphatic hydroxyl groups excluding tert-OH is 1. The Kier molecular flexibility index (Phi) is 5.74. The van der Waals surface area contributed by atoms with Crippen molar-refractivity contribution in [3.05, 3.63) is 21.6 Å². The lowest BCUT2D eigenvalue weighted by molar-refractivity contribution is 0.266. The number of anilines is 1. The summed E-state index contributed by atoms with van der Waals surface area (Å²) in [4.78, 5) is 11.8. The average Bonchev–Trinajstić information content (AvgIpc) is 2.31. The van der Waals surface area contributed by atoms with Crippen molar-refractivity contribution in [2.75, 3.05) is 24.7 Å². The van der Waals surface area contributed by atoms with Crippen molar-refractivity contribution >= 4 is 27.3 Å². The Bertz CT molecular complexity index is 657. The molecule has 1 aromatic rings. The summed E-state index contributed by atoms with van der Waals surface area (Å²) in [5.41, 5.74) is -0.986. The van der Waals surface area contributed by atoms with Crippen LogP contribution in [0, 0.1) is 0 Å². The summed E-state index contributed by atoms with van der Waals surface area (Å²) in [7, 11) is -3.35. The zero-order valence-corrected chi connectivity index (χ0v) is 13.6. The SMILES string of the molecule is CC(C)(CNc1cnn(CCO)c(=O)c1Cl)NS(C)(=O)=O. The normalized spacial score (nSPS) is 12.4. The molecule has 0 aliphatic heterocycles. The zero-order valence-electron chi connectivity index (χ0n) is 12.1. The summed E-state index contributed by atoms with van der Waals surface area (Å²) >= 11 is 5.94. The fourth-order valence-corrected chi connectivity index (χ4v) is 2.99. The highest BCUT2D eigenvalue weighted by molar-refractivity contribution is 7.88. The van der Waals surface area contributed by atoms with Crippen molar-refractivity contribution in [3.63, 3.8) is 0 Å². The number of hydrogen-bond donors (Lipinski definition) is 3. The first-order valence-corrected chi connectivity index (χ1v) is 8.42. The van der Waals surface area contributed by atoms with E-state index in [0.29, 0.717) is 5.69 Å². The Hall–Kier alpha value is -1.16. The molecule has 0 fully saturated rings. The van der Waals surface area contributed by atoms with Crippen LogP contribution >= 0.6 is 11.6 Å². The van der Waals surface area contributed by atoms with Gasteiger partial charge in [-0.15, -0.1) is 0 Å². The van der Waals surface area contributed by atoms with Gasteiger partial charge < -0.3 is 10.4 Å². The van der Waals surface area contributed by atoms with Gasteiger partial charge in [0.15, 0.2) is 0 Å². The van der Waals surface area contributed by atoms with Crippen LogP contribution < -0.4 is 15.6 Å². The molecule has 0 aromatic carbocycles. The quantitative estimate of drug-likeness (QED) is 0.625. The molecule has 1 aromatic heterocycles. The van der Waals surface area contributed by atoms with Gasteiger partial charge in [-0.1, -0.05) is 11.6 Å². The molecule has 1 heterocycles. The van der Waals surface area contributed by atoms with Gasteiger partial charge in [0.05, 0.1) is 31.3 Å². The predicted octanol–water partition coefficient (Wildman–Crippen LogP) is -0.371. The van der Waals surface area contributed by atoms with Crippen LogP contribution in [0.1, 0.15) is 13.8 Å². The van der Waals surface area contributed by atoms with Crippen molar-refractivity contribution in [1.82, 2.24) is 14.5 Å². The molecule has 8 nitrogen and oxygen atoms in total. The Morgan fingerprint density at radius 3 is 2.62 bits per heavy atom. The smallest absolute Gasteiger partial charge is 0.287 e. The number of halogens is 1.